The first kappa shape index (κ1) is 19.8. The summed E-state index contributed by atoms with van der Waals surface area (Å²) in [6.45, 7) is 1.24. The summed E-state index contributed by atoms with van der Waals surface area (Å²) in [4.78, 5) is 16.7. The van der Waals surface area contributed by atoms with Crippen molar-refractivity contribution in [2.24, 2.45) is 5.92 Å². The Balaban J connectivity index is 1.42. The van der Waals surface area contributed by atoms with Crippen molar-refractivity contribution < 1.29 is 13.2 Å². The van der Waals surface area contributed by atoms with Crippen molar-refractivity contribution >= 4 is 27.7 Å². The third-order valence-electron chi connectivity index (χ3n) is 4.37. The lowest BCUT2D eigenvalue weighted by Crippen LogP contribution is -2.45. The second-order valence-corrected chi connectivity index (χ2v) is 9.48. The number of carbonyl (C=O) groups is 1. The molecule has 1 fully saturated rings. The molecule has 8 nitrogen and oxygen atoms in total. The molecule has 2 N–H and O–H groups in total. The fourth-order valence-electron chi connectivity index (χ4n) is 2.95. The van der Waals surface area contributed by atoms with E-state index in [4.69, 9.17) is 0 Å². The van der Waals surface area contributed by atoms with Crippen LogP contribution < -0.4 is 5.32 Å². The van der Waals surface area contributed by atoms with Crippen LogP contribution in [-0.2, 0) is 14.8 Å². The van der Waals surface area contributed by atoms with Gasteiger partial charge in [0.15, 0.2) is 5.82 Å². The number of sulfonamides is 1. The van der Waals surface area contributed by atoms with Gasteiger partial charge in [0.2, 0.25) is 21.1 Å². The van der Waals surface area contributed by atoms with Gasteiger partial charge < -0.3 is 5.32 Å². The lowest BCUT2D eigenvalue weighted by Gasteiger charge is -2.30. The van der Waals surface area contributed by atoms with E-state index in [1.54, 1.807) is 0 Å². The SMILES string of the molecule is CS(=O)(=O)N1CCC[C@@H](C(=O)NCCSc2n[nH]c(-c3ccccc3)n2)C1. The highest BCUT2D eigenvalue weighted by Gasteiger charge is 2.29. The summed E-state index contributed by atoms with van der Waals surface area (Å²) in [5.74, 6) is 0.973. The molecule has 0 unspecified atom stereocenters. The number of nitrogens with zero attached hydrogens (tertiary/aromatic N) is 3. The van der Waals surface area contributed by atoms with E-state index in [1.165, 1.54) is 22.3 Å². The summed E-state index contributed by atoms with van der Waals surface area (Å²) in [7, 11) is -3.24. The van der Waals surface area contributed by atoms with E-state index in [-0.39, 0.29) is 18.4 Å². The van der Waals surface area contributed by atoms with E-state index in [0.717, 1.165) is 5.56 Å². The number of carbonyl (C=O) groups excluding carboxylic acids is 1. The molecule has 1 aromatic carbocycles. The first-order chi connectivity index (χ1) is 12.9. The molecular weight excluding hydrogens is 386 g/mol. The minimum atomic E-state index is -3.24. The summed E-state index contributed by atoms with van der Waals surface area (Å²) in [6.07, 6.45) is 2.61. The van der Waals surface area contributed by atoms with Gasteiger partial charge in [-0.3, -0.25) is 9.89 Å². The van der Waals surface area contributed by atoms with E-state index < -0.39 is 10.0 Å². The normalized spacial score (nSPS) is 18.3. The Hall–Kier alpha value is -1.91. The van der Waals surface area contributed by atoms with Crippen molar-refractivity contribution in [1.29, 1.82) is 0 Å². The zero-order valence-electron chi connectivity index (χ0n) is 15.1. The molecule has 0 spiro atoms. The topological polar surface area (TPSA) is 108 Å². The van der Waals surface area contributed by atoms with Gasteiger partial charge in [0.25, 0.3) is 0 Å². The molecule has 0 radical (unpaired) electrons. The number of rotatable bonds is 7. The highest BCUT2D eigenvalue weighted by atomic mass is 32.2. The van der Waals surface area contributed by atoms with Crippen LogP contribution in [0.5, 0.6) is 0 Å². The third kappa shape index (κ3) is 5.53. The van der Waals surface area contributed by atoms with Gasteiger partial charge in [-0.2, -0.15) is 0 Å². The van der Waals surface area contributed by atoms with Gasteiger partial charge in [-0.15, -0.1) is 5.10 Å². The Labute approximate surface area is 163 Å². The largest absolute Gasteiger partial charge is 0.355 e. The van der Waals surface area contributed by atoms with E-state index >= 15 is 0 Å². The predicted molar refractivity (Wildman–Crippen MR) is 105 cm³/mol. The molecule has 0 aliphatic carbocycles. The van der Waals surface area contributed by atoms with Crippen LogP contribution in [0.3, 0.4) is 0 Å². The van der Waals surface area contributed by atoms with E-state index in [2.05, 4.69) is 20.5 Å². The summed E-state index contributed by atoms with van der Waals surface area (Å²) in [5.41, 5.74) is 0.970. The third-order valence-corrected chi connectivity index (χ3v) is 6.49. The van der Waals surface area contributed by atoms with E-state index in [9.17, 15) is 13.2 Å². The van der Waals surface area contributed by atoms with Gasteiger partial charge in [-0.25, -0.2) is 17.7 Å². The number of hydrogen-bond donors (Lipinski definition) is 2. The summed E-state index contributed by atoms with van der Waals surface area (Å²) in [5, 5.41) is 10.6. The van der Waals surface area contributed by atoms with Crippen LogP contribution in [0.15, 0.2) is 35.5 Å². The van der Waals surface area contributed by atoms with Crippen LogP contribution in [0.2, 0.25) is 0 Å². The monoisotopic (exact) mass is 409 g/mol. The lowest BCUT2D eigenvalue weighted by molar-refractivity contribution is -0.125. The molecule has 3 rings (SSSR count). The van der Waals surface area contributed by atoms with Gasteiger partial charge in [-0.1, -0.05) is 42.1 Å². The average Bonchev–Trinajstić information content (AvgIpc) is 3.14. The minimum absolute atomic E-state index is 0.0936. The van der Waals surface area contributed by atoms with Crippen molar-refractivity contribution in [3.63, 3.8) is 0 Å². The van der Waals surface area contributed by atoms with E-state index in [1.807, 2.05) is 30.3 Å². The molecule has 0 saturated carbocycles. The van der Waals surface area contributed by atoms with Crippen LogP contribution >= 0.6 is 11.8 Å². The molecule has 1 aromatic heterocycles. The Bertz CT molecular complexity index is 870. The highest BCUT2D eigenvalue weighted by Crippen LogP contribution is 2.20. The first-order valence-corrected chi connectivity index (χ1v) is 11.6. The van der Waals surface area contributed by atoms with Gasteiger partial charge in [-0.05, 0) is 12.8 Å². The van der Waals surface area contributed by atoms with Crippen molar-refractivity contribution in [3.8, 4) is 11.4 Å². The molecule has 0 bridgehead atoms. The maximum absolute atomic E-state index is 12.3. The number of benzene rings is 1. The number of thioether (sulfide) groups is 1. The number of piperidine rings is 1. The van der Waals surface area contributed by atoms with Crippen LogP contribution in [0, 0.1) is 5.92 Å². The first-order valence-electron chi connectivity index (χ1n) is 8.77. The number of H-pyrrole nitrogens is 1. The number of hydrogen-bond acceptors (Lipinski definition) is 6. The molecule has 1 saturated heterocycles. The highest BCUT2D eigenvalue weighted by molar-refractivity contribution is 7.99. The quantitative estimate of drug-likeness (QED) is 0.528. The van der Waals surface area contributed by atoms with Crippen molar-refractivity contribution in [2.75, 3.05) is 31.6 Å². The summed E-state index contributed by atoms with van der Waals surface area (Å²) in [6, 6.07) is 9.74. The van der Waals surface area contributed by atoms with Crippen molar-refractivity contribution in [3.05, 3.63) is 30.3 Å². The molecule has 10 heteroatoms. The molecule has 2 heterocycles. The van der Waals surface area contributed by atoms with Crippen LogP contribution in [0.1, 0.15) is 12.8 Å². The van der Waals surface area contributed by atoms with Crippen LogP contribution in [0.4, 0.5) is 0 Å². The molecule has 27 heavy (non-hydrogen) atoms. The predicted octanol–water partition coefficient (Wildman–Crippen LogP) is 1.35. The Morgan fingerprint density at radius 3 is 2.89 bits per heavy atom. The second kappa shape index (κ2) is 8.85. The lowest BCUT2D eigenvalue weighted by atomic mass is 9.99. The van der Waals surface area contributed by atoms with Crippen molar-refractivity contribution in [1.82, 2.24) is 24.8 Å². The molecule has 1 amide bonds. The number of nitrogens with one attached hydrogen (secondary N) is 2. The summed E-state index contributed by atoms with van der Waals surface area (Å²) >= 11 is 1.45. The number of amides is 1. The fraction of sp³-hybridized carbons (Fsp3) is 0.471. The van der Waals surface area contributed by atoms with E-state index in [0.29, 0.717) is 42.7 Å². The Morgan fingerprint density at radius 1 is 1.37 bits per heavy atom. The molecule has 1 aliphatic heterocycles. The zero-order valence-corrected chi connectivity index (χ0v) is 16.7. The molecule has 1 aliphatic rings. The van der Waals surface area contributed by atoms with Gasteiger partial charge >= 0.3 is 0 Å². The maximum atomic E-state index is 12.3. The molecule has 1 atom stereocenters. The smallest absolute Gasteiger partial charge is 0.224 e. The molecular formula is C17H23N5O3S2. The average molecular weight is 410 g/mol. The number of aromatic nitrogens is 3. The van der Waals surface area contributed by atoms with Crippen molar-refractivity contribution in [2.45, 2.75) is 18.0 Å². The second-order valence-electron chi connectivity index (χ2n) is 6.43. The zero-order chi connectivity index (χ0) is 19.3. The Morgan fingerprint density at radius 2 is 2.15 bits per heavy atom. The van der Waals surface area contributed by atoms with Gasteiger partial charge in [0.05, 0.1) is 12.2 Å². The fourth-order valence-corrected chi connectivity index (χ4v) is 4.52. The van der Waals surface area contributed by atoms with Crippen LogP contribution in [0.25, 0.3) is 11.4 Å². The van der Waals surface area contributed by atoms with Gasteiger partial charge in [0.1, 0.15) is 0 Å². The Kier molecular flexibility index (Phi) is 6.51. The van der Waals surface area contributed by atoms with Crippen LogP contribution in [-0.4, -0.2) is 65.5 Å². The van der Waals surface area contributed by atoms with Gasteiger partial charge in [0, 0.05) is 31.0 Å². The minimum Gasteiger partial charge on any atom is -0.355 e. The standard InChI is InChI=1S/C17H23N5O3S2/c1-27(24,25)22-10-5-8-14(12-22)16(23)18-9-11-26-17-19-15(20-21-17)13-6-3-2-4-7-13/h2-4,6-7,14H,5,8-12H2,1H3,(H,18,23)(H,19,20,21)/t14-/m1/s1. The maximum Gasteiger partial charge on any atom is 0.224 e. The molecule has 146 valence electrons. The number of aromatic amines is 1. The summed E-state index contributed by atoms with van der Waals surface area (Å²) < 4.78 is 24.7. The molecule has 2 aromatic rings.